The third-order valence-electron chi connectivity index (χ3n) is 4.31. The zero-order valence-electron chi connectivity index (χ0n) is 15.0. The van der Waals surface area contributed by atoms with E-state index in [1.54, 1.807) is 16.7 Å². The van der Waals surface area contributed by atoms with E-state index in [2.05, 4.69) is 9.97 Å². The minimum atomic E-state index is 0.0598. The summed E-state index contributed by atoms with van der Waals surface area (Å²) in [4.78, 5) is 36.4. The standard InChI is InChI=1S/C19H22N4O2S/c1-14-12-17(16-6-4-3-5-7-16)21-19(20-14)26-13-18(25)23-10-8-22(9-11-23)15(2)24/h3-7,12H,8-11,13H2,1-2H3. The van der Waals surface area contributed by atoms with Gasteiger partial charge in [-0.15, -0.1) is 0 Å². The minimum Gasteiger partial charge on any atom is -0.339 e. The van der Waals surface area contributed by atoms with Gasteiger partial charge in [-0.05, 0) is 13.0 Å². The maximum absolute atomic E-state index is 12.4. The first-order valence-electron chi connectivity index (χ1n) is 8.60. The number of carbonyl (C=O) groups is 2. The Morgan fingerprint density at radius 2 is 1.69 bits per heavy atom. The summed E-state index contributed by atoms with van der Waals surface area (Å²) in [5, 5.41) is 0.611. The summed E-state index contributed by atoms with van der Waals surface area (Å²) >= 11 is 1.36. The second-order valence-corrected chi connectivity index (χ2v) is 7.16. The molecule has 2 heterocycles. The molecule has 3 rings (SSSR count). The van der Waals surface area contributed by atoms with Crippen LogP contribution in [-0.2, 0) is 9.59 Å². The fourth-order valence-corrected chi connectivity index (χ4v) is 3.66. The van der Waals surface area contributed by atoms with Crippen molar-refractivity contribution in [3.8, 4) is 11.3 Å². The van der Waals surface area contributed by atoms with E-state index in [4.69, 9.17) is 0 Å². The van der Waals surface area contributed by atoms with Crippen LogP contribution in [0.15, 0.2) is 41.6 Å². The van der Waals surface area contributed by atoms with Crippen LogP contribution >= 0.6 is 11.8 Å². The van der Waals surface area contributed by atoms with E-state index in [1.807, 2.05) is 43.3 Å². The number of carbonyl (C=O) groups excluding carboxylic acids is 2. The Kier molecular flexibility index (Phi) is 5.88. The van der Waals surface area contributed by atoms with Gasteiger partial charge in [-0.3, -0.25) is 9.59 Å². The molecule has 0 radical (unpaired) electrons. The van der Waals surface area contributed by atoms with Crippen molar-refractivity contribution in [1.82, 2.24) is 19.8 Å². The van der Waals surface area contributed by atoms with Crippen LogP contribution in [0.4, 0.5) is 0 Å². The number of nitrogens with zero attached hydrogens (tertiary/aromatic N) is 4. The number of hydrogen-bond donors (Lipinski definition) is 0. The van der Waals surface area contributed by atoms with E-state index < -0.39 is 0 Å². The van der Waals surface area contributed by atoms with E-state index in [9.17, 15) is 9.59 Å². The lowest BCUT2D eigenvalue weighted by Crippen LogP contribution is -2.50. The Morgan fingerprint density at radius 3 is 2.35 bits per heavy atom. The fourth-order valence-electron chi connectivity index (χ4n) is 2.85. The number of hydrogen-bond acceptors (Lipinski definition) is 5. The third-order valence-corrected chi connectivity index (χ3v) is 5.14. The third kappa shape index (κ3) is 4.60. The number of amides is 2. The molecular weight excluding hydrogens is 348 g/mol. The van der Waals surface area contributed by atoms with Crippen molar-refractivity contribution in [2.75, 3.05) is 31.9 Å². The van der Waals surface area contributed by atoms with Gasteiger partial charge in [0, 0.05) is 44.4 Å². The normalized spacial score (nSPS) is 14.4. The van der Waals surface area contributed by atoms with Crippen LogP contribution in [0.2, 0.25) is 0 Å². The first kappa shape index (κ1) is 18.4. The van der Waals surface area contributed by atoms with Crippen LogP contribution in [0.3, 0.4) is 0 Å². The van der Waals surface area contributed by atoms with Crippen LogP contribution in [0.1, 0.15) is 12.6 Å². The Morgan fingerprint density at radius 1 is 1.04 bits per heavy atom. The smallest absolute Gasteiger partial charge is 0.233 e. The molecule has 1 fully saturated rings. The van der Waals surface area contributed by atoms with Gasteiger partial charge < -0.3 is 9.80 Å². The van der Waals surface area contributed by atoms with Crippen molar-refractivity contribution < 1.29 is 9.59 Å². The highest BCUT2D eigenvalue weighted by Crippen LogP contribution is 2.22. The van der Waals surface area contributed by atoms with E-state index in [0.29, 0.717) is 37.1 Å². The molecule has 0 atom stereocenters. The van der Waals surface area contributed by atoms with Crippen LogP contribution in [0.5, 0.6) is 0 Å². The van der Waals surface area contributed by atoms with E-state index in [-0.39, 0.29) is 11.8 Å². The molecule has 2 aromatic rings. The average molecular weight is 370 g/mol. The van der Waals surface area contributed by atoms with E-state index >= 15 is 0 Å². The molecule has 26 heavy (non-hydrogen) atoms. The predicted octanol–water partition coefficient (Wildman–Crippen LogP) is 2.23. The highest BCUT2D eigenvalue weighted by molar-refractivity contribution is 7.99. The summed E-state index contributed by atoms with van der Waals surface area (Å²) in [5.74, 6) is 0.426. The fraction of sp³-hybridized carbons (Fsp3) is 0.368. The maximum Gasteiger partial charge on any atom is 0.233 e. The number of piperazine rings is 1. The van der Waals surface area contributed by atoms with Crippen molar-refractivity contribution in [3.05, 3.63) is 42.1 Å². The van der Waals surface area contributed by atoms with Gasteiger partial charge in [0.25, 0.3) is 0 Å². The van der Waals surface area contributed by atoms with E-state index in [0.717, 1.165) is 17.0 Å². The average Bonchev–Trinajstić information content (AvgIpc) is 2.66. The molecule has 0 N–H and O–H groups in total. The van der Waals surface area contributed by atoms with Gasteiger partial charge in [0.15, 0.2) is 5.16 Å². The molecular formula is C19H22N4O2S. The highest BCUT2D eigenvalue weighted by Gasteiger charge is 2.22. The Hall–Kier alpha value is -2.41. The summed E-state index contributed by atoms with van der Waals surface area (Å²) in [5.41, 5.74) is 2.78. The van der Waals surface area contributed by atoms with Crippen molar-refractivity contribution in [2.45, 2.75) is 19.0 Å². The molecule has 1 aromatic carbocycles. The molecule has 136 valence electrons. The number of benzene rings is 1. The topological polar surface area (TPSA) is 66.4 Å². The molecule has 1 aromatic heterocycles. The lowest BCUT2D eigenvalue weighted by molar-refractivity contribution is -0.136. The lowest BCUT2D eigenvalue weighted by atomic mass is 10.1. The van der Waals surface area contributed by atoms with E-state index in [1.165, 1.54) is 11.8 Å². The van der Waals surface area contributed by atoms with Crippen LogP contribution in [-0.4, -0.2) is 63.5 Å². The summed E-state index contributed by atoms with van der Waals surface area (Å²) < 4.78 is 0. The Bertz CT molecular complexity index is 789. The molecule has 0 aliphatic carbocycles. The molecule has 1 saturated heterocycles. The summed E-state index contributed by atoms with van der Waals surface area (Å²) in [6.07, 6.45) is 0. The van der Waals surface area contributed by atoms with Crippen LogP contribution in [0, 0.1) is 6.92 Å². The number of rotatable bonds is 4. The summed E-state index contributed by atoms with van der Waals surface area (Å²) in [6, 6.07) is 11.9. The largest absolute Gasteiger partial charge is 0.339 e. The van der Waals surface area contributed by atoms with Gasteiger partial charge in [0.05, 0.1) is 11.4 Å². The predicted molar refractivity (Wildman–Crippen MR) is 102 cm³/mol. The Balaban J connectivity index is 1.60. The minimum absolute atomic E-state index is 0.0598. The molecule has 2 amide bonds. The molecule has 0 bridgehead atoms. The van der Waals surface area contributed by atoms with Gasteiger partial charge in [-0.25, -0.2) is 9.97 Å². The number of aryl methyl sites for hydroxylation is 1. The molecule has 1 aliphatic rings. The number of aromatic nitrogens is 2. The highest BCUT2D eigenvalue weighted by atomic mass is 32.2. The molecule has 7 heteroatoms. The van der Waals surface area contributed by atoms with Gasteiger partial charge in [-0.1, -0.05) is 42.1 Å². The van der Waals surface area contributed by atoms with Crippen LogP contribution < -0.4 is 0 Å². The second kappa shape index (κ2) is 8.31. The van der Waals surface area contributed by atoms with Gasteiger partial charge in [0.2, 0.25) is 11.8 Å². The first-order valence-corrected chi connectivity index (χ1v) is 9.58. The second-order valence-electron chi connectivity index (χ2n) is 6.22. The monoisotopic (exact) mass is 370 g/mol. The van der Waals surface area contributed by atoms with Crippen molar-refractivity contribution in [3.63, 3.8) is 0 Å². The zero-order chi connectivity index (χ0) is 18.5. The van der Waals surface area contributed by atoms with Gasteiger partial charge in [-0.2, -0.15) is 0 Å². The maximum atomic E-state index is 12.4. The zero-order valence-corrected chi connectivity index (χ0v) is 15.8. The molecule has 0 spiro atoms. The molecule has 0 saturated carbocycles. The quantitative estimate of drug-likeness (QED) is 0.610. The van der Waals surface area contributed by atoms with Crippen molar-refractivity contribution in [1.29, 1.82) is 0 Å². The first-order chi connectivity index (χ1) is 12.5. The molecule has 0 unspecified atom stereocenters. The lowest BCUT2D eigenvalue weighted by Gasteiger charge is -2.34. The van der Waals surface area contributed by atoms with Gasteiger partial charge in [0.1, 0.15) is 0 Å². The summed E-state index contributed by atoms with van der Waals surface area (Å²) in [7, 11) is 0. The van der Waals surface area contributed by atoms with Crippen LogP contribution in [0.25, 0.3) is 11.3 Å². The van der Waals surface area contributed by atoms with Crippen molar-refractivity contribution >= 4 is 23.6 Å². The molecule has 1 aliphatic heterocycles. The SMILES string of the molecule is CC(=O)N1CCN(C(=O)CSc2nc(C)cc(-c3ccccc3)n2)CC1. The molecule has 6 nitrogen and oxygen atoms in total. The Labute approximate surface area is 157 Å². The van der Waals surface area contributed by atoms with Crippen molar-refractivity contribution in [2.24, 2.45) is 0 Å². The van der Waals surface area contributed by atoms with Gasteiger partial charge >= 0.3 is 0 Å². The number of thioether (sulfide) groups is 1. The summed E-state index contributed by atoms with van der Waals surface area (Å²) in [6.45, 7) is 5.87.